The minimum absolute atomic E-state index is 0.0161. The van der Waals surface area contributed by atoms with Gasteiger partial charge in [0.15, 0.2) is 0 Å². The molecule has 1 N–H and O–H groups in total. The predicted octanol–water partition coefficient (Wildman–Crippen LogP) is 3.20. The van der Waals surface area contributed by atoms with E-state index in [1.165, 1.54) is 0 Å². The minimum atomic E-state index is -4.25. The average Bonchev–Trinajstić information content (AvgIpc) is 2.06. The number of ether oxygens (including phenoxy) is 1. The van der Waals surface area contributed by atoms with Crippen LogP contribution in [-0.2, 0) is 4.74 Å². The lowest BCUT2D eigenvalue weighted by molar-refractivity contribution is -0.173. The van der Waals surface area contributed by atoms with Crippen molar-refractivity contribution in [3.05, 3.63) is 0 Å². The Bertz CT molecular complexity index is 204. The van der Waals surface area contributed by atoms with E-state index in [2.05, 4.69) is 30.8 Å². The van der Waals surface area contributed by atoms with Crippen molar-refractivity contribution in [1.82, 2.24) is 5.32 Å². The van der Waals surface area contributed by atoms with Gasteiger partial charge >= 0.3 is 6.18 Å². The lowest BCUT2D eigenvalue weighted by atomic mass is 9.90. The monoisotopic (exact) mass is 275 g/mol. The summed E-state index contributed by atoms with van der Waals surface area (Å²) in [6.07, 6.45) is -3.40. The molecule has 0 bridgehead atoms. The highest BCUT2D eigenvalue weighted by atomic mass is 35.5. The molecular weight excluding hydrogens is 255 g/mol. The summed E-state index contributed by atoms with van der Waals surface area (Å²) in [5.74, 6) is 0. The predicted molar refractivity (Wildman–Crippen MR) is 63.5 cm³/mol. The number of hydrogen-bond donors (Lipinski definition) is 1. The van der Waals surface area contributed by atoms with E-state index in [0.717, 1.165) is 6.42 Å². The number of halogens is 4. The zero-order valence-electron chi connectivity index (χ0n) is 10.5. The van der Waals surface area contributed by atoms with Crippen molar-refractivity contribution in [3.63, 3.8) is 0 Å². The molecule has 0 heterocycles. The van der Waals surface area contributed by atoms with Crippen LogP contribution in [-0.4, -0.2) is 37.9 Å². The summed E-state index contributed by atoms with van der Waals surface area (Å²) in [6, 6.07) is 0. The molecule has 0 rings (SSSR count). The molecule has 17 heavy (non-hydrogen) atoms. The van der Waals surface area contributed by atoms with E-state index in [1.807, 2.05) is 0 Å². The maximum absolute atomic E-state index is 11.7. The molecule has 0 aromatic heterocycles. The summed E-state index contributed by atoms with van der Waals surface area (Å²) in [6.45, 7) is 6.08. The first-order chi connectivity index (χ1) is 7.60. The van der Waals surface area contributed by atoms with Gasteiger partial charge < -0.3 is 10.1 Å². The third-order valence-corrected chi connectivity index (χ3v) is 2.20. The zero-order valence-corrected chi connectivity index (χ0v) is 11.3. The van der Waals surface area contributed by atoms with Gasteiger partial charge in [-0.15, -0.1) is 11.6 Å². The first-order valence-electron chi connectivity index (χ1n) is 5.59. The van der Waals surface area contributed by atoms with E-state index >= 15 is 0 Å². The molecule has 104 valence electrons. The quantitative estimate of drug-likeness (QED) is 0.569. The molecule has 0 fully saturated rings. The van der Waals surface area contributed by atoms with Gasteiger partial charge in [0.1, 0.15) is 6.61 Å². The molecule has 2 nitrogen and oxygen atoms in total. The van der Waals surface area contributed by atoms with E-state index in [9.17, 15) is 13.2 Å². The van der Waals surface area contributed by atoms with E-state index in [4.69, 9.17) is 11.6 Å². The Hall–Kier alpha value is -0.0000000000000000555. The van der Waals surface area contributed by atoms with Crippen LogP contribution in [0, 0.1) is 5.41 Å². The lowest BCUT2D eigenvalue weighted by Gasteiger charge is -2.22. The topological polar surface area (TPSA) is 21.3 Å². The third-order valence-electron chi connectivity index (χ3n) is 1.89. The van der Waals surface area contributed by atoms with Crippen LogP contribution in [0.2, 0.25) is 0 Å². The van der Waals surface area contributed by atoms with Crippen LogP contribution < -0.4 is 5.32 Å². The second kappa shape index (κ2) is 7.44. The van der Waals surface area contributed by atoms with Crippen LogP contribution in [0.1, 0.15) is 27.2 Å². The van der Waals surface area contributed by atoms with Gasteiger partial charge in [0.25, 0.3) is 0 Å². The zero-order chi connectivity index (χ0) is 13.5. The molecule has 0 saturated heterocycles. The third kappa shape index (κ3) is 13.9. The van der Waals surface area contributed by atoms with Crippen LogP contribution in [0.4, 0.5) is 13.2 Å². The largest absolute Gasteiger partial charge is 0.411 e. The summed E-state index contributed by atoms with van der Waals surface area (Å²) in [5.41, 5.74) is 0.154. The van der Waals surface area contributed by atoms with Gasteiger partial charge in [0.05, 0.1) is 6.61 Å². The van der Waals surface area contributed by atoms with E-state index in [0.29, 0.717) is 13.1 Å². The van der Waals surface area contributed by atoms with Gasteiger partial charge in [-0.25, -0.2) is 0 Å². The first kappa shape index (κ1) is 17.0. The van der Waals surface area contributed by atoms with Gasteiger partial charge in [-0.2, -0.15) is 13.2 Å². The van der Waals surface area contributed by atoms with Gasteiger partial charge in [0.2, 0.25) is 0 Å². The van der Waals surface area contributed by atoms with Crippen molar-refractivity contribution in [2.75, 3.05) is 26.3 Å². The molecule has 1 atom stereocenters. The smallest absolute Gasteiger partial charge is 0.371 e. The van der Waals surface area contributed by atoms with Crippen LogP contribution >= 0.6 is 11.6 Å². The second-order valence-electron chi connectivity index (χ2n) is 5.23. The maximum atomic E-state index is 11.7. The highest BCUT2D eigenvalue weighted by molar-refractivity contribution is 6.20. The molecule has 0 amide bonds. The summed E-state index contributed by atoms with van der Waals surface area (Å²) in [7, 11) is 0. The molecule has 1 unspecified atom stereocenters. The fourth-order valence-corrected chi connectivity index (χ4v) is 1.90. The molecule has 0 aromatic rings. The standard InChI is InChI=1S/C11H21ClF3NO/c1-10(2,3)6-9(12)7-16-4-5-17-8-11(13,14)15/h9,16H,4-8H2,1-3H3. The van der Waals surface area contributed by atoms with Gasteiger partial charge in [-0.05, 0) is 11.8 Å². The number of nitrogens with one attached hydrogen (secondary N) is 1. The molecule has 0 spiro atoms. The highest BCUT2D eigenvalue weighted by Crippen LogP contribution is 2.23. The second-order valence-corrected chi connectivity index (χ2v) is 5.85. The molecular formula is C11H21ClF3NO. The van der Waals surface area contributed by atoms with Crippen molar-refractivity contribution in [2.45, 2.75) is 38.7 Å². The molecule has 0 aliphatic rings. The summed E-state index contributed by atoms with van der Waals surface area (Å²) < 4.78 is 39.6. The average molecular weight is 276 g/mol. The fourth-order valence-electron chi connectivity index (χ4n) is 1.33. The van der Waals surface area contributed by atoms with E-state index in [-0.39, 0.29) is 17.4 Å². The maximum Gasteiger partial charge on any atom is 0.411 e. The lowest BCUT2D eigenvalue weighted by Crippen LogP contribution is -2.30. The molecule has 6 heteroatoms. The number of hydrogen-bond acceptors (Lipinski definition) is 2. The van der Waals surface area contributed by atoms with Gasteiger partial charge in [-0.3, -0.25) is 0 Å². The van der Waals surface area contributed by atoms with Crippen molar-refractivity contribution in [1.29, 1.82) is 0 Å². The Labute approximate surface area is 106 Å². The first-order valence-corrected chi connectivity index (χ1v) is 6.03. The Balaban J connectivity index is 3.40. The van der Waals surface area contributed by atoms with Gasteiger partial charge in [0, 0.05) is 18.5 Å². The van der Waals surface area contributed by atoms with Crippen LogP contribution in [0.5, 0.6) is 0 Å². The van der Waals surface area contributed by atoms with Crippen LogP contribution in [0.3, 0.4) is 0 Å². The van der Waals surface area contributed by atoms with Crippen LogP contribution in [0.25, 0.3) is 0 Å². The van der Waals surface area contributed by atoms with Crippen molar-refractivity contribution in [2.24, 2.45) is 5.41 Å². The molecule has 0 saturated carbocycles. The Morgan fingerprint density at radius 1 is 1.24 bits per heavy atom. The van der Waals surface area contributed by atoms with E-state index in [1.54, 1.807) is 0 Å². The Morgan fingerprint density at radius 3 is 2.29 bits per heavy atom. The van der Waals surface area contributed by atoms with Crippen molar-refractivity contribution < 1.29 is 17.9 Å². The summed E-state index contributed by atoms with van der Waals surface area (Å²) in [4.78, 5) is 0. The summed E-state index contributed by atoms with van der Waals surface area (Å²) >= 11 is 6.07. The highest BCUT2D eigenvalue weighted by Gasteiger charge is 2.27. The van der Waals surface area contributed by atoms with Crippen LogP contribution in [0.15, 0.2) is 0 Å². The Morgan fingerprint density at radius 2 is 1.82 bits per heavy atom. The van der Waals surface area contributed by atoms with Crippen molar-refractivity contribution >= 4 is 11.6 Å². The number of alkyl halides is 4. The van der Waals surface area contributed by atoms with Gasteiger partial charge in [-0.1, -0.05) is 20.8 Å². The van der Waals surface area contributed by atoms with E-state index < -0.39 is 12.8 Å². The molecule has 0 radical (unpaired) electrons. The molecule has 0 aliphatic carbocycles. The SMILES string of the molecule is CC(C)(C)CC(Cl)CNCCOCC(F)(F)F. The normalized spacial score (nSPS) is 15.0. The molecule has 0 aromatic carbocycles. The minimum Gasteiger partial charge on any atom is -0.371 e. The summed E-state index contributed by atoms with van der Waals surface area (Å²) in [5, 5.41) is 2.95. The number of rotatable bonds is 7. The fraction of sp³-hybridized carbons (Fsp3) is 1.00. The van der Waals surface area contributed by atoms with Crippen molar-refractivity contribution in [3.8, 4) is 0 Å². The molecule has 0 aliphatic heterocycles. The Kier molecular flexibility index (Phi) is 7.44.